The van der Waals surface area contributed by atoms with E-state index in [1.165, 1.54) is 12.0 Å². The minimum absolute atomic E-state index is 0.0204. The maximum atomic E-state index is 13.9. The minimum Gasteiger partial charge on any atom is -0.481 e. The first kappa shape index (κ1) is 46.5. The first-order valence-corrected chi connectivity index (χ1v) is 20.2. The number of rotatable bonds is 24. The second-order valence-electron chi connectivity index (χ2n) is 17.3. The molecule has 0 aromatic heterocycles. The number of ketones is 3. The standard InChI is InChI=1S/C46H69NO7/c1-11-13-15-18-37(43(51)47-42(32(4)54-46(8,9)10)40(50)29-31(3)41(44(52)53)45(5,6)7)30-38(48)19-16-20-39(49)36-27-25-35(26-28-36)34-23-21-33(22-24-34)17-14-12-2/h21-28,31-32,37,41-42H,11-20,29-30H2,1-10H3,(H,47,51)(H,52,53)/t31-,32-,37-,41-,42+/m1/s1. The highest BCUT2D eigenvalue weighted by Gasteiger charge is 2.39. The van der Waals surface area contributed by atoms with Gasteiger partial charge in [0, 0.05) is 37.2 Å². The van der Waals surface area contributed by atoms with Gasteiger partial charge in [-0.2, -0.15) is 0 Å². The van der Waals surface area contributed by atoms with Crippen LogP contribution in [0.1, 0.15) is 156 Å². The molecule has 5 atom stereocenters. The van der Waals surface area contributed by atoms with Crippen LogP contribution in [-0.2, 0) is 30.3 Å². The molecular weight excluding hydrogens is 679 g/mol. The van der Waals surface area contributed by atoms with Crippen molar-refractivity contribution in [3.05, 3.63) is 59.7 Å². The SMILES string of the molecule is CCCCC[C@H](CC(=O)CCCC(=O)c1ccc(-c2ccc(CCCC)cc2)cc1)C(=O)N[C@H](C(=O)C[C@@H](C)[C@H](C(=O)O)C(C)(C)C)[C@@H](C)OC(C)(C)C. The van der Waals surface area contributed by atoms with Crippen LogP contribution in [0.5, 0.6) is 0 Å². The van der Waals surface area contributed by atoms with Crippen LogP contribution >= 0.6 is 0 Å². The molecule has 0 aliphatic carbocycles. The van der Waals surface area contributed by atoms with E-state index in [2.05, 4.69) is 43.4 Å². The number of aliphatic carboxylic acids is 1. The Morgan fingerprint density at radius 1 is 0.741 bits per heavy atom. The molecule has 0 fully saturated rings. The van der Waals surface area contributed by atoms with Crippen molar-refractivity contribution in [2.45, 2.75) is 164 Å². The van der Waals surface area contributed by atoms with Crippen molar-refractivity contribution in [1.82, 2.24) is 5.32 Å². The summed E-state index contributed by atoms with van der Waals surface area (Å²) in [4.78, 5) is 66.2. The van der Waals surface area contributed by atoms with Crippen LogP contribution < -0.4 is 5.32 Å². The molecule has 0 saturated heterocycles. The van der Waals surface area contributed by atoms with Crippen LogP contribution in [0, 0.1) is 23.2 Å². The van der Waals surface area contributed by atoms with Crippen molar-refractivity contribution in [3.8, 4) is 11.1 Å². The second-order valence-corrected chi connectivity index (χ2v) is 17.3. The fraction of sp³-hybridized carbons (Fsp3) is 0.630. The van der Waals surface area contributed by atoms with Gasteiger partial charge in [0.2, 0.25) is 5.91 Å². The molecule has 8 heteroatoms. The predicted octanol–water partition coefficient (Wildman–Crippen LogP) is 10.2. The first-order chi connectivity index (χ1) is 25.3. The van der Waals surface area contributed by atoms with E-state index >= 15 is 0 Å². The van der Waals surface area contributed by atoms with Gasteiger partial charge in [0.1, 0.15) is 11.8 Å². The summed E-state index contributed by atoms with van der Waals surface area (Å²) >= 11 is 0. The number of amides is 1. The van der Waals surface area contributed by atoms with E-state index in [0.717, 1.165) is 43.2 Å². The van der Waals surface area contributed by atoms with Gasteiger partial charge in [-0.05, 0) is 81.4 Å². The number of carboxylic acid groups (broad SMARTS) is 1. The summed E-state index contributed by atoms with van der Waals surface area (Å²) in [6.45, 7) is 18.9. The van der Waals surface area contributed by atoms with E-state index in [1.54, 1.807) is 13.8 Å². The van der Waals surface area contributed by atoms with Gasteiger partial charge in [-0.25, -0.2) is 0 Å². The van der Waals surface area contributed by atoms with Gasteiger partial charge in [-0.3, -0.25) is 24.0 Å². The van der Waals surface area contributed by atoms with Gasteiger partial charge < -0.3 is 15.2 Å². The summed E-state index contributed by atoms with van der Waals surface area (Å²) in [5.41, 5.74) is 2.91. The fourth-order valence-corrected chi connectivity index (χ4v) is 7.41. The van der Waals surface area contributed by atoms with Gasteiger partial charge in [-0.15, -0.1) is 0 Å². The summed E-state index contributed by atoms with van der Waals surface area (Å²) in [7, 11) is 0. The highest BCUT2D eigenvalue weighted by molar-refractivity contribution is 5.97. The molecule has 0 spiro atoms. The molecule has 0 heterocycles. The third-order valence-corrected chi connectivity index (χ3v) is 10.1. The number of ether oxygens (including phenoxy) is 1. The summed E-state index contributed by atoms with van der Waals surface area (Å²) in [6, 6.07) is 15.1. The third kappa shape index (κ3) is 16.0. The Bertz CT molecular complexity index is 1500. The average Bonchev–Trinajstić information content (AvgIpc) is 3.07. The van der Waals surface area contributed by atoms with E-state index in [4.69, 9.17) is 4.74 Å². The van der Waals surface area contributed by atoms with Gasteiger partial charge in [0.05, 0.1) is 17.6 Å². The number of hydrogen-bond donors (Lipinski definition) is 2. The molecule has 1 amide bonds. The minimum atomic E-state index is -1.01. The van der Waals surface area contributed by atoms with E-state index in [1.807, 2.05) is 65.8 Å². The number of aryl methyl sites for hydroxylation is 1. The zero-order chi connectivity index (χ0) is 40.6. The molecule has 2 aromatic carbocycles. The van der Waals surface area contributed by atoms with Crippen LogP contribution in [0.2, 0.25) is 0 Å². The Labute approximate surface area is 325 Å². The molecule has 2 aromatic rings. The number of carbonyl (C=O) groups is 5. The molecule has 0 aliphatic heterocycles. The van der Waals surface area contributed by atoms with E-state index in [9.17, 15) is 29.1 Å². The number of Topliss-reactive ketones (excluding diaryl/α,β-unsaturated/α-hetero) is 3. The summed E-state index contributed by atoms with van der Waals surface area (Å²) in [6.07, 6.45) is 6.60. The summed E-state index contributed by atoms with van der Waals surface area (Å²) in [5.74, 6) is -3.64. The maximum absolute atomic E-state index is 13.9. The van der Waals surface area contributed by atoms with Gasteiger partial charge in [0.15, 0.2) is 11.6 Å². The molecule has 0 radical (unpaired) electrons. The van der Waals surface area contributed by atoms with Gasteiger partial charge in [-0.1, -0.05) is 116 Å². The molecule has 0 unspecified atom stereocenters. The molecule has 2 N–H and O–H groups in total. The van der Waals surface area contributed by atoms with E-state index in [0.29, 0.717) is 18.4 Å². The van der Waals surface area contributed by atoms with Crippen molar-refractivity contribution in [1.29, 1.82) is 0 Å². The second kappa shape index (κ2) is 22.0. The van der Waals surface area contributed by atoms with Crippen molar-refractivity contribution in [3.63, 3.8) is 0 Å². The zero-order valence-corrected chi connectivity index (χ0v) is 34.9. The highest BCUT2D eigenvalue weighted by Crippen LogP contribution is 2.35. The van der Waals surface area contributed by atoms with Crippen LogP contribution in [0.25, 0.3) is 11.1 Å². The number of carbonyl (C=O) groups excluding carboxylic acids is 4. The summed E-state index contributed by atoms with van der Waals surface area (Å²) < 4.78 is 6.14. The largest absolute Gasteiger partial charge is 0.481 e. The maximum Gasteiger partial charge on any atom is 0.307 e. The van der Waals surface area contributed by atoms with Crippen LogP contribution in [-0.4, -0.2) is 52.1 Å². The smallest absolute Gasteiger partial charge is 0.307 e. The lowest BCUT2D eigenvalue weighted by Gasteiger charge is -2.34. The van der Waals surface area contributed by atoms with E-state index in [-0.39, 0.29) is 48.9 Å². The molecule has 2 rings (SSSR count). The lowest BCUT2D eigenvalue weighted by Crippen LogP contribution is -2.52. The third-order valence-electron chi connectivity index (χ3n) is 10.1. The number of unbranched alkanes of at least 4 members (excludes halogenated alkanes) is 3. The lowest BCUT2D eigenvalue weighted by molar-refractivity contribution is -0.149. The number of hydrogen-bond acceptors (Lipinski definition) is 6. The monoisotopic (exact) mass is 748 g/mol. The Balaban J connectivity index is 2.09. The Hall–Kier alpha value is -3.65. The number of benzene rings is 2. The molecule has 0 aliphatic rings. The number of nitrogens with one attached hydrogen (secondary N) is 1. The van der Waals surface area contributed by atoms with E-state index < -0.39 is 46.9 Å². The van der Waals surface area contributed by atoms with Gasteiger partial charge in [0.25, 0.3) is 0 Å². The molecule has 8 nitrogen and oxygen atoms in total. The van der Waals surface area contributed by atoms with Crippen molar-refractivity contribution in [2.24, 2.45) is 23.2 Å². The first-order valence-electron chi connectivity index (χ1n) is 20.2. The normalized spacial score (nSPS) is 14.8. The van der Waals surface area contributed by atoms with Crippen molar-refractivity contribution in [2.75, 3.05) is 0 Å². The lowest BCUT2D eigenvalue weighted by atomic mass is 9.72. The predicted molar refractivity (Wildman–Crippen MR) is 218 cm³/mol. The molecule has 54 heavy (non-hydrogen) atoms. The van der Waals surface area contributed by atoms with Crippen molar-refractivity contribution < 1.29 is 33.8 Å². The molecular formula is C46H69NO7. The Morgan fingerprint density at radius 2 is 1.31 bits per heavy atom. The highest BCUT2D eigenvalue weighted by atomic mass is 16.5. The average molecular weight is 748 g/mol. The summed E-state index contributed by atoms with van der Waals surface area (Å²) in [5, 5.41) is 12.9. The fourth-order valence-electron chi connectivity index (χ4n) is 7.41. The Kier molecular flexibility index (Phi) is 19.0. The molecule has 0 bridgehead atoms. The topological polar surface area (TPSA) is 127 Å². The molecule has 300 valence electrons. The van der Waals surface area contributed by atoms with Gasteiger partial charge >= 0.3 is 5.97 Å². The van der Waals surface area contributed by atoms with Crippen LogP contribution in [0.4, 0.5) is 0 Å². The molecule has 0 saturated carbocycles. The quantitative estimate of drug-likeness (QED) is 0.0808. The Morgan fingerprint density at radius 3 is 1.83 bits per heavy atom. The van der Waals surface area contributed by atoms with Crippen LogP contribution in [0.3, 0.4) is 0 Å². The number of carboxylic acids is 1. The zero-order valence-electron chi connectivity index (χ0n) is 34.9. The van der Waals surface area contributed by atoms with Crippen molar-refractivity contribution >= 4 is 29.2 Å². The van der Waals surface area contributed by atoms with Crippen LogP contribution in [0.15, 0.2) is 48.5 Å².